The van der Waals surface area contributed by atoms with Crippen LogP contribution in [0.4, 0.5) is 4.39 Å². The van der Waals surface area contributed by atoms with Crippen molar-refractivity contribution in [2.75, 3.05) is 32.8 Å². The minimum Gasteiger partial charge on any atom is -0.493 e. The van der Waals surface area contributed by atoms with E-state index in [1.807, 2.05) is 4.90 Å². The van der Waals surface area contributed by atoms with Crippen molar-refractivity contribution in [1.29, 1.82) is 0 Å². The van der Waals surface area contributed by atoms with Crippen LogP contribution in [-0.4, -0.2) is 43.6 Å². The number of carbonyl (C=O) groups excluding carboxylic acids is 1. The number of piperidine rings is 1. The second-order valence-corrected chi connectivity index (χ2v) is 6.04. The Kier molecular flexibility index (Phi) is 9.72. The van der Waals surface area contributed by atoms with E-state index in [1.165, 1.54) is 12.1 Å². The van der Waals surface area contributed by atoms with Gasteiger partial charge in [0.15, 0.2) is 0 Å². The molecule has 1 aromatic carbocycles. The molecule has 0 bridgehead atoms. The van der Waals surface area contributed by atoms with Gasteiger partial charge in [-0.1, -0.05) is 13.0 Å². The van der Waals surface area contributed by atoms with Crippen molar-refractivity contribution in [2.24, 2.45) is 5.92 Å². The standard InChI is InChI=1S/C18H27FN2O2.ClH/c1-2-20-14-15-8-10-21(11-9-15)18(22)7-4-12-23-17-6-3-5-16(19)13-17;/h3,5-6,13,15,20H,2,4,7-12,14H2,1H3;1H. The van der Waals surface area contributed by atoms with E-state index in [0.29, 0.717) is 31.1 Å². The fraction of sp³-hybridized carbons (Fsp3) is 0.611. The van der Waals surface area contributed by atoms with Crippen LogP contribution in [0.25, 0.3) is 0 Å². The zero-order valence-electron chi connectivity index (χ0n) is 14.3. The summed E-state index contributed by atoms with van der Waals surface area (Å²) in [5.41, 5.74) is 0. The Morgan fingerprint density at radius 2 is 2.12 bits per heavy atom. The highest BCUT2D eigenvalue weighted by Gasteiger charge is 2.21. The highest BCUT2D eigenvalue weighted by Crippen LogP contribution is 2.17. The van der Waals surface area contributed by atoms with Crippen molar-refractivity contribution in [3.05, 3.63) is 30.1 Å². The minimum atomic E-state index is -0.306. The molecule has 1 aliphatic rings. The fourth-order valence-corrected chi connectivity index (χ4v) is 2.86. The summed E-state index contributed by atoms with van der Waals surface area (Å²) in [6.07, 6.45) is 3.32. The highest BCUT2D eigenvalue weighted by atomic mass is 35.5. The molecule has 0 atom stereocenters. The van der Waals surface area contributed by atoms with Gasteiger partial charge in [-0.3, -0.25) is 4.79 Å². The zero-order chi connectivity index (χ0) is 16.5. The molecular weight excluding hydrogens is 331 g/mol. The number of benzene rings is 1. The topological polar surface area (TPSA) is 41.6 Å². The molecule has 1 amide bonds. The minimum absolute atomic E-state index is 0. The maximum Gasteiger partial charge on any atom is 0.222 e. The second kappa shape index (κ2) is 11.3. The van der Waals surface area contributed by atoms with Crippen molar-refractivity contribution >= 4 is 18.3 Å². The molecule has 1 N–H and O–H groups in total. The summed E-state index contributed by atoms with van der Waals surface area (Å²) >= 11 is 0. The number of hydrogen-bond acceptors (Lipinski definition) is 3. The summed E-state index contributed by atoms with van der Waals surface area (Å²) < 4.78 is 18.5. The van der Waals surface area contributed by atoms with Crippen LogP contribution in [0, 0.1) is 11.7 Å². The van der Waals surface area contributed by atoms with E-state index >= 15 is 0 Å². The van der Waals surface area contributed by atoms with E-state index in [0.717, 1.165) is 39.0 Å². The number of amides is 1. The number of nitrogens with zero attached hydrogens (tertiary/aromatic N) is 1. The van der Waals surface area contributed by atoms with Gasteiger partial charge in [0.05, 0.1) is 6.61 Å². The molecule has 2 rings (SSSR count). The van der Waals surface area contributed by atoms with Gasteiger partial charge in [0.25, 0.3) is 0 Å². The third-order valence-electron chi connectivity index (χ3n) is 4.25. The van der Waals surface area contributed by atoms with Crippen LogP contribution < -0.4 is 10.1 Å². The van der Waals surface area contributed by atoms with E-state index < -0.39 is 0 Å². The van der Waals surface area contributed by atoms with Crippen LogP contribution in [0.2, 0.25) is 0 Å². The number of ether oxygens (including phenoxy) is 1. The molecule has 136 valence electrons. The normalized spacial score (nSPS) is 15.0. The molecule has 0 radical (unpaired) electrons. The molecule has 24 heavy (non-hydrogen) atoms. The number of halogens is 2. The number of carbonyl (C=O) groups is 1. The summed E-state index contributed by atoms with van der Waals surface area (Å²) in [6.45, 7) is 6.33. The van der Waals surface area contributed by atoms with Crippen molar-refractivity contribution in [3.63, 3.8) is 0 Å². The molecule has 0 aliphatic carbocycles. The van der Waals surface area contributed by atoms with E-state index in [9.17, 15) is 9.18 Å². The van der Waals surface area contributed by atoms with E-state index in [2.05, 4.69) is 12.2 Å². The molecule has 4 nitrogen and oxygen atoms in total. The maximum atomic E-state index is 13.0. The highest BCUT2D eigenvalue weighted by molar-refractivity contribution is 5.85. The van der Waals surface area contributed by atoms with Gasteiger partial charge in [-0.05, 0) is 50.4 Å². The number of nitrogens with one attached hydrogen (secondary N) is 1. The van der Waals surface area contributed by atoms with Crippen LogP contribution in [0.5, 0.6) is 5.75 Å². The Bertz CT molecular complexity index is 494. The predicted octanol–water partition coefficient (Wildman–Crippen LogP) is 3.25. The molecule has 0 aromatic heterocycles. The molecule has 1 heterocycles. The van der Waals surface area contributed by atoms with Crippen LogP contribution in [0.15, 0.2) is 24.3 Å². The van der Waals surface area contributed by atoms with Gasteiger partial charge >= 0.3 is 0 Å². The quantitative estimate of drug-likeness (QED) is 0.725. The second-order valence-electron chi connectivity index (χ2n) is 6.04. The molecule has 0 saturated carbocycles. The molecule has 6 heteroatoms. The average molecular weight is 359 g/mol. The zero-order valence-corrected chi connectivity index (χ0v) is 15.1. The summed E-state index contributed by atoms with van der Waals surface area (Å²) in [6, 6.07) is 6.08. The maximum absolute atomic E-state index is 13.0. The molecule has 1 saturated heterocycles. The van der Waals surface area contributed by atoms with E-state index in [1.54, 1.807) is 12.1 Å². The van der Waals surface area contributed by atoms with Crippen LogP contribution in [-0.2, 0) is 4.79 Å². The Labute approximate surface area is 150 Å². The fourth-order valence-electron chi connectivity index (χ4n) is 2.86. The number of hydrogen-bond donors (Lipinski definition) is 1. The average Bonchev–Trinajstić information content (AvgIpc) is 2.57. The lowest BCUT2D eigenvalue weighted by Gasteiger charge is -2.32. The van der Waals surface area contributed by atoms with Crippen LogP contribution in [0.1, 0.15) is 32.6 Å². The molecule has 1 aromatic rings. The van der Waals surface area contributed by atoms with Gasteiger partial charge in [0, 0.05) is 25.6 Å². The van der Waals surface area contributed by atoms with Gasteiger partial charge < -0.3 is 15.0 Å². The van der Waals surface area contributed by atoms with Gasteiger partial charge in [-0.15, -0.1) is 12.4 Å². The third-order valence-corrected chi connectivity index (χ3v) is 4.25. The Morgan fingerprint density at radius 3 is 2.79 bits per heavy atom. The molecule has 0 unspecified atom stereocenters. The van der Waals surface area contributed by atoms with Gasteiger partial charge in [-0.25, -0.2) is 4.39 Å². The van der Waals surface area contributed by atoms with Gasteiger partial charge in [-0.2, -0.15) is 0 Å². The molecule has 1 aliphatic heterocycles. The first-order valence-electron chi connectivity index (χ1n) is 8.56. The van der Waals surface area contributed by atoms with Gasteiger partial charge in [0.1, 0.15) is 11.6 Å². The first kappa shape index (κ1) is 20.7. The number of likely N-dealkylation sites (tertiary alicyclic amines) is 1. The predicted molar refractivity (Wildman–Crippen MR) is 96.2 cm³/mol. The summed E-state index contributed by atoms with van der Waals surface area (Å²) in [7, 11) is 0. The van der Waals surface area contributed by atoms with Crippen molar-refractivity contribution in [1.82, 2.24) is 10.2 Å². The molecule has 0 spiro atoms. The molecular formula is C18H28ClFN2O2. The summed E-state index contributed by atoms with van der Waals surface area (Å²) in [5, 5.41) is 3.38. The Hall–Kier alpha value is -1.33. The lowest BCUT2D eigenvalue weighted by atomic mass is 9.96. The summed E-state index contributed by atoms with van der Waals surface area (Å²) in [5.74, 6) is 1.10. The Balaban J connectivity index is 0.00000288. The van der Waals surface area contributed by atoms with Crippen LogP contribution in [0.3, 0.4) is 0 Å². The van der Waals surface area contributed by atoms with Crippen molar-refractivity contribution < 1.29 is 13.9 Å². The largest absolute Gasteiger partial charge is 0.493 e. The van der Waals surface area contributed by atoms with Crippen molar-refractivity contribution in [2.45, 2.75) is 32.6 Å². The monoisotopic (exact) mass is 358 g/mol. The first-order valence-corrected chi connectivity index (χ1v) is 8.56. The lowest BCUT2D eigenvalue weighted by molar-refractivity contribution is -0.132. The van der Waals surface area contributed by atoms with Crippen LogP contribution >= 0.6 is 12.4 Å². The number of rotatable bonds is 8. The first-order chi connectivity index (χ1) is 11.2. The lowest BCUT2D eigenvalue weighted by Crippen LogP contribution is -2.40. The van der Waals surface area contributed by atoms with E-state index in [-0.39, 0.29) is 24.1 Å². The third kappa shape index (κ3) is 7.05. The smallest absolute Gasteiger partial charge is 0.222 e. The molecule has 1 fully saturated rings. The van der Waals surface area contributed by atoms with E-state index in [4.69, 9.17) is 4.74 Å². The SMILES string of the molecule is CCNCC1CCN(C(=O)CCCOc2cccc(F)c2)CC1.Cl. The van der Waals surface area contributed by atoms with Gasteiger partial charge in [0.2, 0.25) is 5.91 Å². The van der Waals surface area contributed by atoms with Crippen molar-refractivity contribution in [3.8, 4) is 5.75 Å². The summed E-state index contributed by atoms with van der Waals surface area (Å²) in [4.78, 5) is 14.1. The Morgan fingerprint density at radius 1 is 1.38 bits per heavy atom.